The molecule has 0 aromatic carbocycles. The summed E-state index contributed by atoms with van der Waals surface area (Å²) in [5, 5.41) is 9.52. The first-order chi connectivity index (χ1) is 7.60. The first kappa shape index (κ1) is 13.9. The van der Waals surface area contributed by atoms with Crippen molar-refractivity contribution >= 4 is 0 Å². The summed E-state index contributed by atoms with van der Waals surface area (Å²) < 4.78 is 0. The van der Waals surface area contributed by atoms with Crippen molar-refractivity contribution in [3.8, 4) is 0 Å². The van der Waals surface area contributed by atoms with Gasteiger partial charge >= 0.3 is 0 Å². The van der Waals surface area contributed by atoms with Crippen molar-refractivity contribution in [2.45, 2.75) is 44.8 Å². The van der Waals surface area contributed by atoms with Gasteiger partial charge in [-0.25, -0.2) is 0 Å². The molecule has 1 rings (SSSR count). The molecule has 1 heterocycles. The van der Waals surface area contributed by atoms with Crippen LogP contribution in [0.5, 0.6) is 0 Å². The monoisotopic (exact) mass is 229 g/mol. The number of rotatable bonds is 5. The Morgan fingerprint density at radius 1 is 1.44 bits per heavy atom. The Kier molecular flexibility index (Phi) is 5.69. The van der Waals surface area contributed by atoms with Gasteiger partial charge in [-0.15, -0.1) is 0 Å². The van der Waals surface area contributed by atoms with Crippen molar-refractivity contribution in [1.82, 2.24) is 9.80 Å². The van der Waals surface area contributed by atoms with Crippen molar-refractivity contribution in [3.63, 3.8) is 0 Å². The summed E-state index contributed by atoms with van der Waals surface area (Å²) >= 11 is 0. The molecule has 1 aliphatic heterocycles. The third-order valence-corrected chi connectivity index (χ3v) is 3.61. The fraction of sp³-hybridized carbons (Fsp3) is 1.00. The smallest absolute Gasteiger partial charge is 0.0602 e. The maximum Gasteiger partial charge on any atom is 0.0602 e. The van der Waals surface area contributed by atoms with E-state index in [2.05, 4.69) is 30.7 Å². The molecule has 96 valence electrons. The van der Waals surface area contributed by atoms with E-state index in [4.69, 9.17) is 5.73 Å². The molecule has 0 amide bonds. The number of piperazine rings is 1. The van der Waals surface area contributed by atoms with E-state index in [-0.39, 0.29) is 18.7 Å². The summed E-state index contributed by atoms with van der Waals surface area (Å²) in [7, 11) is 2.15. The van der Waals surface area contributed by atoms with Gasteiger partial charge in [0, 0.05) is 37.8 Å². The van der Waals surface area contributed by atoms with Crippen LogP contribution in [0.2, 0.25) is 0 Å². The van der Waals surface area contributed by atoms with Gasteiger partial charge in [0.2, 0.25) is 0 Å². The zero-order valence-corrected chi connectivity index (χ0v) is 10.9. The van der Waals surface area contributed by atoms with E-state index in [1.807, 2.05) is 0 Å². The molecule has 0 bridgehead atoms. The van der Waals surface area contributed by atoms with Crippen LogP contribution in [0, 0.1) is 0 Å². The molecular weight excluding hydrogens is 202 g/mol. The van der Waals surface area contributed by atoms with E-state index in [9.17, 15) is 5.11 Å². The minimum absolute atomic E-state index is 0.0980. The predicted octanol–water partition coefficient (Wildman–Crippen LogP) is 0.111. The number of hydrogen-bond acceptors (Lipinski definition) is 4. The Morgan fingerprint density at radius 2 is 2.12 bits per heavy atom. The minimum Gasteiger partial charge on any atom is -0.395 e. The van der Waals surface area contributed by atoms with Gasteiger partial charge in [0.05, 0.1) is 6.61 Å². The van der Waals surface area contributed by atoms with Crippen LogP contribution in [-0.4, -0.2) is 66.3 Å². The highest BCUT2D eigenvalue weighted by molar-refractivity contribution is 4.88. The topological polar surface area (TPSA) is 52.7 Å². The van der Waals surface area contributed by atoms with Gasteiger partial charge < -0.3 is 15.7 Å². The molecule has 1 saturated heterocycles. The average Bonchev–Trinajstić information content (AvgIpc) is 2.22. The highest BCUT2D eigenvalue weighted by atomic mass is 16.3. The van der Waals surface area contributed by atoms with E-state index in [0.29, 0.717) is 6.04 Å². The Labute approximate surface area is 99.4 Å². The molecule has 0 aliphatic carbocycles. The lowest BCUT2D eigenvalue weighted by molar-refractivity contribution is 0.0227. The lowest BCUT2D eigenvalue weighted by atomic mass is 10.0. The number of likely N-dealkylation sites (N-methyl/N-ethyl adjacent to an activating group) is 1. The van der Waals surface area contributed by atoms with Crippen LogP contribution >= 0.6 is 0 Å². The van der Waals surface area contributed by atoms with Crippen molar-refractivity contribution in [3.05, 3.63) is 0 Å². The van der Waals surface area contributed by atoms with Gasteiger partial charge in [0.1, 0.15) is 0 Å². The van der Waals surface area contributed by atoms with E-state index in [0.717, 1.165) is 32.5 Å². The standard InChI is InChI=1S/C12H27N3O/c1-4-5-11(13)12(9-16)15-7-6-14(3)8-10(15)2/h10-12,16H,4-9,13H2,1-3H3. The van der Waals surface area contributed by atoms with Gasteiger partial charge in [-0.05, 0) is 20.4 Å². The molecule has 3 unspecified atom stereocenters. The van der Waals surface area contributed by atoms with Crippen LogP contribution in [0.4, 0.5) is 0 Å². The molecule has 4 nitrogen and oxygen atoms in total. The quantitative estimate of drug-likeness (QED) is 0.702. The second kappa shape index (κ2) is 6.55. The van der Waals surface area contributed by atoms with E-state index >= 15 is 0 Å². The summed E-state index contributed by atoms with van der Waals surface area (Å²) in [5.74, 6) is 0. The molecule has 3 N–H and O–H groups in total. The molecule has 3 atom stereocenters. The van der Waals surface area contributed by atoms with Crippen LogP contribution in [0.1, 0.15) is 26.7 Å². The molecule has 1 aliphatic rings. The first-order valence-corrected chi connectivity index (χ1v) is 6.40. The summed E-state index contributed by atoms with van der Waals surface area (Å²) in [5.41, 5.74) is 6.15. The van der Waals surface area contributed by atoms with Crippen LogP contribution < -0.4 is 5.73 Å². The fourth-order valence-corrected chi connectivity index (χ4v) is 2.66. The van der Waals surface area contributed by atoms with E-state index in [1.54, 1.807) is 0 Å². The van der Waals surface area contributed by atoms with Crippen LogP contribution in [0.3, 0.4) is 0 Å². The highest BCUT2D eigenvalue weighted by Crippen LogP contribution is 2.15. The summed E-state index contributed by atoms with van der Waals surface area (Å²) in [6, 6.07) is 0.711. The van der Waals surface area contributed by atoms with Crippen molar-refractivity contribution < 1.29 is 5.11 Å². The summed E-state index contributed by atoms with van der Waals surface area (Å²) in [6.07, 6.45) is 2.07. The molecule has 0 radical (unpaired) electrons. The van der Waals surface area contributed by atoms with Gasteiger partial charge in [0.15, 0.2) is 0 Å². The molecule has 4 heteroatoms. The van der Waals surface area contributed by atoms with Crippen molar-refractivity contribution in [2.75, 3.05) is 33.3 Å². The second-order valence-electron chi connectivity index (χ2n) is 5.05. The van der Waals surface area contributed by atoms with Crippen molar-refractivity contribution in [1.29, 1.82) is 0 Å². The third-order valence-electron chi connectivity index (χ3n) is 3.61. The van der Waals surface area contributed by atoms with E-state index in [1.165, 1.54) is 0 Å². The molecule has 16 heavy (non-hydrogen) atoms. The number of nitrogens with two attached hydrogens (primary N) is 1. The first-order valence-electron chi connectivity index (χ1n) is 6.40. The van der Waals surface area contributed by atoms with Gasteiger partial charge in [-0.3, -0.25) is 4.90 Å². The molecule has 1 fully saturated rings. The van der Waals surface area contributed by atoms with Gasteiger partial charge in [-0.1, -0.05) is 13.3 Å². The van der Waals surface area contributed by atoms with E-state index < -0.39 is 0 Å². The lowest BCUT2D eigenvalue weighted by Gasteiger charge is -2.44. The minimum atomic E-state index is 0.0980. The van der Waals surface area contributed by atoms with Crippen LogP contribution in [0.15, 0.2) is 0 Å². The summed E-state index contributed by atoms with van der Waals surface area (Å²) in [4.78, 5) is 4.71. The maximum atomic E-state index is 9.52. The Balaban J connectivity index is 2.57. The Morgan fingerprint density at radius 3 is 2.62 bits per heavy atom. The van der Waals surface area contributed by atoms with Gasteiger partial charge in [-0.2, -0.15) is 0 Å². The number of nitrogens with zero attached hydrogens (tertiary/aromatic N) is 2. The van der Waals surface area contributed by atoms with Crippen LogP contribution in [-0.2, 0) is 0 Å². The SMILES string of the molecule is CCCC(N)C(CO)N1CCN(C)CC1C. The zero-order valence-electron chi connectivity index (χ0n) is 10.9. The maximum absolute atomic E-state index is 9.52. The normalized spacial score (nSPS) is 27.9. The van der Waals surface area contributed by atoms with Gasteiger partial charge in [0.25, 0.3) is 0 Å². The number of aliphatic hydroxyl groups is 1. The largest absolute Gasteiger partial charge is 0.395 e. The average molecular weight is 229 g/mol. The molecule has 0 saturated carbocycles. The molecule has 0 aromatic rings. The number of hydrogen-bond donors (Lipinski definition) is 2. The second-order valence-corrected chi connectivity index (χ2v) is 5.05. The zero-order chi connectivity index (χ0) is 12.1. The third kappa shape index (κ3) is 3.42. The predicted molar refractivity (Wildman–Crippen MR) is 67.4 cm³/mol. The fourth-order valence-electron chi connectivity index (χ4n) is 2.66. The molecular formula is C12H27N3O. The summed E-state index contributed by atoms with van der Waals surface area (Å²) in [6.45, 7) is 7.68. The molecule has 0 spiro atoms. The number of aliphatic hydroxyl groups excluding tert-OH is 1. The Bertz CT molecular complexity index is 197. The lowest BCUT2D eigenvalue weighted by Crippen LogP contribution is -2.60. The highest BCUT2D eigenvalue weighted by Gasteiger charge is 2.30. The van der Waals surface area contributed by atoms with Crippen LogP contribution in [0.25, 0.3) is 0 Å². The van der Waals surface area contributed by atoms with Crippen molar-refractivity contribution in [2.24, 2.45) is 5.73 Å². The Hall–Kier alpha value is -0.160. The molecule has 0 aromatic heterocycles.